The van der Waals surface area contributed by atoms with Gasteiger partial charge in [0.15, 0.2) is 0 Å². The van der Waals surface area contributed by atoms with Gasteiger partial charge >= 0.3 is 0 Å². The molecule has 3 nitrogen and oxygen atoms in total. The van der Waals surface area contributed by atoms with Crippen molar-refractivity contribution in [3.05, 3.63) is 42.2 Å². The number of nitrogens with zero attached hydrogens (tertiary/aromatic N) is 2. The van der Waals surface area contributed by atoms with Crippen molar-refractivity contribution in [3.8, 4) is 0 Å². The predicted octanol–water partition coefficient (Wildman–Crippen LogP) is 3.62. The van der Waals surface area contributed by atoms with Gasteiger partial charge in [0.05, 0.1) is 6.04 Å². The van der Waals surface area contributed by atoms with Crippen LogP contribution in [0.4, 0.5) is 0 Å². The van der Waals surface area contributed by atoms with E-state index < -0.39 is 0 Å². The SMILES string of the molecule is CCC(CC)(C(NC)c1cncc2ccccc12)N(C)C. The lowest BCUT2D eigenvalue weighted by molar-refractivity contribution is 0.0922. The first-order valence-corrected chi connectivity index (χ1v) is 7.78. The standard InChI is InChI=1S/C18H27N3/c1-6-18(7-2,21(4)5)17(19-3)16-13-20-12-14-10-8-9-11-15(14)16/h8-13,17,19H,6-7H2,1-5H3. The first kappa shape index (κ1) is 15.9. The molecule has 0 saturated heterocycles. The highest BCUT2D eigenvalue weighted by Crippen LogP contribution is 2.38. The Bertz CT molecular complexity index is 583. The Hall–Kier alpha value is -1.45. The van der Waals surface area contributed by atoms with Crippen molar-refractivity contribution in [2.75, 3.05) is 21.1 Å². The van der Waals surface area contributed by atoms with Crippen LogP contribution in [0, 0.1) is 0 Å². The molecule has 0 amide bonds. The van der Waals surface area contributed by atoms with Gasteiger partial charge in [-0.05, 0) is 44.9 Å². The number of pyridine rings is 1. The molecule has 1 N–H and O–H groups in total. The zero-order chi connectivity index (χ0) is 15.5. The molecule has 0 radical (unpaired) electrons. The number of aromatic nitrogens is 1. The lowest BCUT2D eigenvalue weighted by Crippen LogP contribution is -2.52. The first-order chi connectivity index (χ1) is 10.1. The van der Waals surface area contributed by atoms with Gasteiger partial charge in [-0.2, -0.15) is 0 Å². The van der Waals surface area contributed by atoms with Crippen molar-refractivity contribution < 1.29 is 0 Å². The topological polar surface area (TPSA) is 28.2 Å². The van der Waals surface area contributed by atoms with Crippen LogP contribution in [0.15, 0.2) is 36.7 Å². The summed E-state index contributed by atoms with van der Waals surface area (Å²) in [5, 5.41) is 6.05. The summed E-state index contributed by atoms with van der Waals surface area (Å²) >= 11 is 0. The Morgan fingerprint density at radius 3 is 2.38 bits per heavy atom. The van der Waals surface area contributed by atoms with Gasteiger partial charge in [0.25, 0.3) is 0 Å². The van der Waals surface area contributed by atoms with E-state index in [1.807, 2.05) is 12.4 Å². The molecule has 114 valence electrons. The van der Waals surface area contributed by atoms with E-state index in [1.54, 1.807) is 0 Å². The molecule has 0 aliphatic rings. The van der Waals surface area contributed by atoms with Gasteiger partial charge in [0, 0.05) is 23.3 Å². The van der Waals surface area contributed by atoms with E-state index in [0.717, 1.165) is 12.8 Å². The normalized spacial score (nSPS) is 13.8. The third-order valence-corrected chi connectivity index (χ3v) is 4.95. The van der Waals surface area contributed by atoms with Crippen molar-refractivity contribution in [1.29, 1.82) is 0 Å². The monoisotopic (exact) mass is 285 g/mol. The van der Waals surface area contributed by atoms with E-state index >= 15 is 0 Å². The van der Waals surface area contributed by atoms with Crippen LogP contribution in [0.2, 0.25) is 0 Å². The van der Waals surface area contributed by atoms with Crippen LogP contribution >= 0.6 is 0 Å². The van der Waals surface area contributed by atoms with Crippen molar-refractivity contribution in [2.45, 2.75) is 38.3 Å². The fraction of sp³-hybridized carbons (Fsp3) is 0.500. The van der Waals surface area contributed by atoms with E-state index in [2.05, 4.69) is 74.5 Å². The maximum Gasteiger partial charge on any atom is 0.0525 e. The number of benzene rings is 1. The van der Waals surface area contributed by atoms with Gasteiger partial charge in [0.1, 0.15) is 0 Å². The Morgan fingerprint density at radius 1 is 1.14 bits per heavy atom. The maximum absolute atomic E-state index is 4.46. The van der Waals surface area contributed by atoms with Gasteiger partial charge in [-0.1, -0.05) is 38.1 Å². The van der Waals surface area contributed by atoms with Crippen LogP contribution in [0.1, 0.15) is 38.3 Å². The minimum atomic E-state index is 0.0839. The summed E-state index contributed by atoms with van der Waals surface area (Å²) in [4.78, 5) is 6.82. The molecule has 0 aliphatic carbocycles. The quantitative estimate of drug-likeness (QED) is 0.878. The van der Waals surface area contributed by atoms with Gasteiger partial charge in [-0.15, -0.1) is 0 Å². The number of hydrogen-bond donors (Lipinski definition) is 1. The van der Waals surface area contributed by atoms with Crippen LogP contribution in [-0.4, -0.2) is 36.6 Å². The smallest absolute Gasteiger partial charge is 0.0525 e. The van der Waals surface area contributed by atoms with Crippen LogP contribution < -0.4 is 5.32 Å². The molecule has 21 heavy (non-hydrogen) atoms. The van der Waals surface area contributed by atoms with E-state index in [4.69, 9.17) is 0 Å². The molecule has 0 fully saturated rings. The average Bonchev–Trinajstić information content (AvgIpc) is 2.52. The lowest BCUT2D eigenvalue weighted by Gasteiger charge is -2.45. The summed E-state index contributed by atoms with van der Waals surface area (Å²) < 4.78 is 0. The number of nitrogens with one attached hydrogen (secondary N) is 1. The Kier molecular flexibility index (Phi) is 4.96. The molecule has 0 spiro atoms. The Balaban J connectivity index is 2.63. The first-order valence-electron chi connectivity index (χ1n) is 7.78. The van der Waals surface area contributed by atoms with Crippen molar-refractivity contribution in [2.24, 2.45) is 0 Å². The molecule has 1 atom stereocenters. The van der Waals surface area contributed by atoms with Crippen molar-refractivity contribution >= 4 is 10.8 Å². The molecule has 2 aromatic rings. The van der Waals surface area contributed by atoms with E-state index in [9.17, 15) is 0 Å². The molecule has 1 unspecified atom stereocenters. The number of fused-ring (bicyclic) bond motifs is 1. The maximum atomic E-state index is 4.46. The molecule has 0 saturated carbocycles. The highest BCUT2D eigenvalue weighted by molar-refractivity contribution is 5.85. The molecule has 2 rings (SSSR count). The van der Waals surface area contributed by atoms with E-state index in [1.165, 1.54) is 16.3 Å². The fourth-order valence-electron chi connectivity index (χ4n) is 3.63. The molecule has 3 heteroatoms. The third kappa shape index (κ3) is 2.68. The second-order valence-electron chi connectivity index (χ2n) is 5.88. The number of likely N-dealkylation sites (N-methyl/N-ethyl adjacent to an activating group) is 2. The van der Waals surface area contributed by atoms with Gasteiger partial charge in [-0.25, -0.2) is 0 Å². The summed E-state index contributed by atoms with van der Waals surface area (Å²) in [6.45, 7) is 4.54. The Labute approximate surface area is 128 Å². The largest absolute Gasteiger partial charge is 0.311 e. The second-order valence-corrected chi connectivity index (χ2v) is 5.88. The summed E-state index contributed by atoms with van der Waals surface area (Å²) in [5.41, 5.74) is 1.37. The molecule has 1 aromatic carbocycles. The summed E-state index contributed by atoms with van der Waals surface area (Å²) in [6.07, 6.45) is 6.14. The zero-order valence-electron chi connectivity index (χ0n) is 13.9. The summed E-state index contributed by atoms with van der Waals surface area (Å²) in [5.74, 6) is 0. The minimum Gasteiger partial charge on any atom is -0.311 e. The van der Waals surface area contributed by atoms with Gasteiger partial charge in [-0.3, -0.25) is 4.98 Å². The van der Waals surface area contributed by atoms with Crippen molar-refractivity contribution in [1.82, 2.24) is 15.2 Å². The molecule has 1 heterocycles. The second kappa shape index (κ2) is 6.54. The predicted molar refractivity (Wildman–Crippen MR) is 90.5 cm³/mol. The van der Waals surface area contributed by atoms with Crippen LogP contribution in [0.5, 0.6) is 0 Å². The molecule has 0 aliphatic heterocycles. The molecule has 0 bridgehead atoms. The van der Waals surface area contributed by atoms with Crippen LogP contribution in [0.3, 0.4) is 0 Å². The molecular weight excluding hydrogens is 258 g/mol. The number of hydrogen-bond acceptors (Lipinski definition) is 3. The van der Waals surface area contributed by atoms with E-state index in [0.29, 0.717) is 0 Å². The highest BCUT2D eigenvalue weighted by Gasteiger charge is 2.38. The van der Waals surface area contributed by atoms with Crippen molar-refractivity contribution in [3.63, 3.8) is 0 Å². The van der Waals surface area contributed by atoms with Crippen LogP contribution in [0.25, 0.3) is 10.8 Å². The average molecular weight is 285 g/mol. The zero-order valence-corrected chi connectivity index (χ0v) is 13.9. The Morgan fingerprint density at radius 2 is 1.81 bits per heavy atom. The number of rotatable bonds is 6. The van der Waals surface area contributed by atoms with Gasteiger partial charge < -0.3 is 10.2 Å². The minimum absolute atomic E-state index is 0.0839. The summed E-state index contributed by atoms with van der Waals surface area (Å²) in [6, 6.07) is 8.76. The molecule has 1 aromatic heterocycles. The van der Waals surface area contributed by atoms with Crippen LogP contribution in [-0.2, 0) is 0 Å². The fourth-order valence-corrected chi connectivity index (χ4v) is 3.63. The molecular formula is C18H27N3. The van der Waals surface area contributed by atoms with E-state index in [-0.39, 0.29) is 11.6 Å². The third-order valence-electron chi connectivity index (χ3n) is 4.95. The van der Waals surface area contributed by atoms with Gasteiger partial charge in [0.2, 0.25) is 0 Å². The summed E-state index contributed by atoms with van der Waals surface area (Å²) in [7, 11) is 6.40. The highest BCUT2D eigenvalue weighted by atomic mass is 15.2. The lowest BCUT2D eigenvalue weighted by atomic mass is 9.79.